The third-order valence-electron chi connectivity index (χ3n) is 6.39. The predicted octanol–water partition coefficient (Wildman–Crippen LogP) is 10.4. The summed E-state index contributed by atoms with van der Waals surface area (Å²) in [7, 11) is 0. The molecule has 2 rings (SSSR count). The largest absolute Gasteiger partial charge is 0.252 e. The first kappa shape index (κ1) is 29.6. The molecule has 0 spiro atoms. The van der Waals surface area contributed by atoms with Gasteiger partial charge in [-0.3, -0.25) is 9.98 Å². The smallest absolute Gasteiger partial charge is 0.0646 e. The van der Waals surface area contributed by atoms with E-state index in [9.17, 15) is 0 Å². The zero-order valence-corrected chi connectivity index (χ0v) is 23.6. The van der Waals surface area contributed by atoms with Crippen LogP contribution in [0.15, 0.2) is 52.4 Å². The average Bonchev–Trinajstić information content (AvgIpc) is 2.89. The Balaban J connectivity index is 2.44. The van der Waals surface area contributed by atoms with Crippen LogP contribution in [-0.2, 0) is 12.8 Å². The van der Waals surface area contributed by atoms with E-state index in [4.69, 9.17) is 9.98 Å². The fourth-order valence-electron chi connectivity index (χ4n) is 4.37. The molecule has 194 valence electrons. The minimum Gasteiger partial charge on any atom is -0.252 e. The normalized spacial score (nSPS) is 11.9. The summed E-state index contributed by atoms with van der Waals surface area (Å²) in [6.07, 6.45) is 14.8. The molecule has 0 bridgehead atoms. The van der Waals surface area contributed by atoms with Gasteiger partial charge in [-0.15, -0.1) is 0 Å². The Hall–Kier alpha value is -2.66. The Labute approximate surface area is 221 Å². The maximum absolute atomic E-state index is 5.23. The van der Waals surface area contributed by atoms with Gasteiger partial charge in [-0.2, -0.15) is 0 Å². The summed E-state index contributed by atoms with van der Waals surface area (Å²) >= 11 is 0. The molecule has 0 atom stereocenters. The molecule has 2 heteroatoms. The first-order valence-corrected chi connectivity index (χ1v) is 14.5. The van der Waals surface area contributed by atoms with Crippen LogP contribution < -0.4 is 0 Å². The van der Waals surface area contributed by atoms with Gasteiger partial charge in [-0.05, 0) is 86.4 Å². The Kier molecular flexibility index (Phi) is 14.6. The standard InChI is InChI=1S/C34H48N2/c1-6-11-15-19-29-24-30(20-16-12-7-2)27-32(26-29)36-33(10-5)34(23-14-9-4)35-31-22-17-21-28(25-31)18-13-8-3/h17,21-22,24-27H,6-12,14-16,19-20,23H2,1-5H3. The Morgan fingerprint density at radius 2 is 1.31 bits per heavy atom. The SMILES string of the molecule is CCC#Cc1cccc(N=C(CCCC)C(CC)=Nc2cc(CCCCC)cc(CCCCC)c2)c1. The minimum absolute atomic E-state index is 0.861. The molecule has 0 saturated heterocycles. The van der Waals surface area contributed by atoms with Crippen molar-refractivity contribution in [2.75, 3.05) is 0 Å². The zero-order valence-electron chi connectivity index (χ0n) is 23.6. The molecule has 0 saturated carbocycles. The lowest BCUT2D eigenvalue weighted by molar-refractivity contribution is 0.709. The molecule has 36 heavy (non-hydrogen) atoms. The van der Waals surface area contributed by atoms with Crippen LogP contribution in [0.1, 0.15) is 122 Å². The molecular formula is C34H48N2. The highest BCUT2D eigenvalue weighted by Gasteiger charge is 2.10. The highest BCUT2D eigenvalue weighted by atomic mass is 14.8. The van der Waals surface area contributed by atoms with Crippen molar-refractivity contribution in [1.29, 1.82) is 0 Å². The molecule has 0 aliphatic rings. The van der Waals surface area contributed by atoms with Gasteiger partial charge in [-0.25, -0.2) is 0 Å². The van der Waals surface area contributed by atoms with Gasteiger partial charge in [0, 0.05) is 12.0 Å². The highest BCUT2D eigenvalue weighted by Crippen LogP contribution is 2.24. The number of rotatable bonds is 15. The molecule has 2 aromatic carbocycles. The van der Waals surface area contributed by atoms with Crippen LogP contribution in [0.3, 0.4) is 0 Å². The van der Waals surface area contributed by atoms with Gasteiger partial charge < -0.3 is 0 Å². The van der Waals surface area contributed by atoms with Crippen molar-refractivity contribution < 1.29 is 0 Å². The van der Waals surface area contributed by atoms with E-state index in [1.54, 1.807) is 0 Å². The number of unbranched alkanes of at least 4 members (excludes halogenated alkanes) is 5. The van der Waals surface area contributed by atoms with E-state index < -0.39 is 0 Å². The fraction of sp³-hybridized carbons (Fsp3) is 0.529. The summed E-state index contributed by atoms with van der Waals surface area (Å²) in [5, 5.41) is 0. The van der Waals surface area contributed by atoms with Crippen molar-refractivity contribution in [2.45, 2.75) is 118 Å². The van der Waals surface area contributed by atoms with Crippen LogP contribution >= 0.6 is 0 Å². The number of hydrogen-bond acceptors (Lipinski definition) is 2. The molecule has 0 amide bonds. The van der Waals surface area contributed by atoms with Gasteiger partial charge in [-0.1, -0.05) is 90.7 Å². The van der Waals surface area contributed by atoms with Crippen molar-refractivity contribution in [2.24, 2.45) is 9.98 Å². The molecule has 0 aromatic heterocycles. The number of nitrogens with zero attached hydrogens (tertiary/aromatic N) is 2. The summed E-state index contributed by atoms with van der Waals surface area (Å²) in [6, 6.07) is 15.3. The number of aliphatic imine (C=N–C) groups is 2. The zero-order chi connectivity index (χ0) is 26.0. The predicted molar refractivity (Wildman–Crippen MR) is 161 cm³/mol. The number of hydrogen-bond donors (Lipinski definition) is 0. The van der Waals surface area contributed by atoms with Crippen LogP contribution in [0.25, 0.3) is 0 Å². The van der Waals surface area contributed by atoms with Crippen molar-refractivity contribution in [3.8, 4) is 11.8 Å². The minimum atomic E-state index is 0.861. The summed E-state index contributed by atoms with van der Waals surface area (Å²) in [6.45, 7) is 11.1. The van der Waals surface area contributed by atoms with E-state index in [1.165, 1.54) is 49.7 Å². The molecular weight excluding hydrogens is 436 g/mol. The Morgan fingerprint density at radius 1 is 0.667 bits per heavy atom. The molecule has 2 nitrogen and oxygen atoms in total. The quantitative estimate of drug-likeness (QED) is 0.136. The van der Waals surface area contributed by atoms with Crippen LogP contribution in [0.4, 0.5) is 11.4 Å². The van der Waals surface area contributed by atoms with Crippen molar-refractivity contribution in [1.82, 2.24) is 0 Å². The average molecular weight is 485 g/mol. The van der Waals surface area contributed by atoms with Crippen LogP contribution in [0, 0.1) is 11.8 Å². The number of benzene rings is 2. The lowest BCUT2D eigenvalue weighted by Crippen LogP contribution is -2.13. The third kappa shape index (κ3) is 10.9. The Bertz CT molecular complexity index is 1000. The second-order valence-electron chi connectivity index (χ2n) is 9.70. The summed E-state index contributed by atoms with van der Waals surface area (Å²) in [5.41, 5.74) is 8.18. The first-order chi connectivity index (χ1) is 17.6. The van der Waals surface area contributed by atoms with Crippen LogP contribution in [0.5, 0.6) is 0 Å². The molecule has 0 fully saturated rings. The topological polar surface area (TPSA) is 24.7 Å². The van der Waals surface area contributed by atoms with Gasteiger partial charge in [0.25, 0.3) is 0 Å². The fourth-order valence-corrected chi connectivity index (χ4v) is 4.37. The van der Waals surface area contributed by atoms with E-state index >= 15 is 0 Å². The lowest BCUT2D eigenvalue weighted by atomic mass is 10.00. The van der Waals surface area contributed by atoms with Crippen LogP contribution in [-0.4, -0.2) is 11.4 Å². The van der Waals surface area contributed by atoms with E-state index in [1.807, 2.05) is 0 Å². The molecule has 2 aromatic rings. The molecule has 0 aliphatic carbocycles. The number of aryl methyl sites for hydroxylation is 2. The molecule has 0 unspecified atom stereocenters. The lowest BCUT2D eigenvalue weighted by Gasteiger charge is -2.12. The van der Waals surface area contributed by atoms with E-state index in [-0.39, 0.29) is 0 Å². The van der Waals surface area contributed by atoms with Gasteiger partial charge in [0.1, 0.15) is 0 Å². The van der Waals surface area contributed by atoms with Crippen molar-refractivity contribution in [3.63, 3.8) is 0 Å². The summed E-state index contributed by atoms with van der Waals surface area (Å²) in [5.74, 6) is 6.41. The van der Waals surface area contributed by atoms with Gasteiger partial charge in [0.15, 0.2) is 0 Å². The van der Waals surface area contributed by atoms with Gasteiger partial charge in [0.05, 0.1) is 22.8 Å². The molecule has 0 aliphatic heterocycles. The van der Waals surface area contributed by atoms with Gasteiger partial charge >= 0.3 is 0 Å². The van der Waals surface area contributed by atoms with E-state index in [0.29, 0.717) is 0 Å². The third-order valence-corrected chi connectivity index (χ3v) is 6.39. The van der Waals surface area contributed by atoms with Crippen molar-refractivity contribution in [3.05, 3.63) is 59.2 Å². The van der Waals surface area contributed by atoms with E-state index in [0.717, 1.165) is 73.3 Å². The molecule has 0 heterocycles. The van der Waals surface area contributed by atoms with E-state index in [2.05, 4.69) is 88.9 Å². The maximum Gasteiger partial charge on any atom is 0.0646 e. The Morgan fingerprint density at radius 3 is 1.89 bits per heavy atom. The second-order valence-corrected chi connectivity index (χ2v) is 9.70. The molecule has 0 radical (unpaired) electrons. The summed E-state index contributed by atoms with van der Waals surface area (Å²) < 4.78 is 0. The monoisotopic (exact) mass is 484 g/mol. The van der Waals surface area contributed by atoms with Crippen LogP contribution in [0.2, 0.25) is 0 Å². The first-order valence-electron chi connectivity index (χ1n) is 14.5. The summed E-state index contributed by atoms with van der Waals surface area (Å²) in [4.78, 5) is 10.4. The second kappa shape index (κ2) is 17.7. The van der Waals surface area contributed by atoms with Gasteiger partial charge in [0.2, 0.25) is 0 Å². The van der Waals surface area contributed by atoms with Crippen molar-refractivity contribution >= 4 is 22.8 Å². The maximum atomic E-state index is 5.23. The molecule has 0 N–H and O–H groups in total. The highest BCUT2D eigenvalue weighted by molar-refractivity contribution is 6.43.